The lowest BCUT2D eigenvalue weighted by atomic mass is 10.1. The number of hydrogen-bond donors (Lipinski definition) is 1. The van der Waals surface area contributed by atoms with Crippen LogP contribution in [0.4, 0.5) is 11.4 Å². The zero-order chi connectivity index (χ0) is 24.8. The van der Waals surface area contributed by atoms with Crippen molar-refractivity contribution in [1.29, 1.82) is 0 Å². The molecule has 0 heterocycles. The molecule has 0 aromatic heterocycles. The summed E-state index contributed by atoms with van der Waals surface area (Å²) in [7, 11) is 1.15. The van der Waals surface area contributed by atoms with E-state index in [0.717, 1.165) is 17.7 Å². The minimum absolute atomic E-state index is 0.0385. The van der Waals surface area contributed by atoms with Crippen molar-refractivity contribution in [2.75, 3.05) is 50.9 Å². The summed E-state index contributed by atoms with van der Waals surface area (Å²) in [6, 6.07) is 8.33. The van der Waals surface area contributed by atoms with Crippen LogP contribution in [0, 0.1) is 0 Å². The zero-order valence-electron chi connectivity index (χ0n) is 18.7. The van der Waals surface area contributed by atoms with Crippen LogP contribution in [0.15, 0.2) is 36.4 Å². The number of benzene rings is 2. The zero-order valence-corrected chi connectivity index (χ0v) is 19.5. The molecule has 33 heavy (non-hydrogen) atoms. The fourth-order valence-electron chi connectivity index (χ4n) is 2.87. The topological polar surface area (TPSA) is 138 Å². The van der Waals surface area contributed by atoms with E-state index in [1.54, 1.807) is 6.07 Å². The number of anilines is 2. The highest BCUT2D eigenvalue weighted by Crippen LogP contribution is 2.33. The minimum Gasteiger partial charge on any atom is -0.497 e. The number of esters is 2. The molecule has 2 aromatic rings. The van der Waals surface area contributed by atoms with Crippen LogP contribution < -0.4 is 19.1 Å². The lowest BCUT2D eigenvalue weighted by Crippen LogP contribution is -2.38. The second-order valence-electron chi connectivity index (χ2n) is 6.60. The van der Waals surface area contributed by atoms with E-state index in [2.05, 4.69) is 10.1 Å². The van der Waals surface area contributed by atoms with Crippen LogP contribution in [-0.2, 0) is 24.3 Å². The van der Waals surface area contributed by atoms with Gasteiger partial charge >= 0.3 is 11.9 Å². The number of carbonyl (C=O) groups excluding carboxylic acids is 3. The average molecular weight is 480 g/mol. The largest absolute Gasteiger partial charge is 0.497 e. The van der Waals surface area contributed by atoms with Crippen LogP contribution in [0.1, 0.15) is 20.7 Å². The normalized spacial score (nSPS) is 10.7. The first kappa shape index (κ1) is 25.5. The van der Waals surface area contributed by atoms with E-state index in [1.807, 2.05) is 0 Å². The molecule has 0 fully saturated rings. The van der Waals surface area contributed by atoms with E-state index in [9.17, 15) is 22.8 Å². The average Bonchev–Trinajstić information content (AvgIpc) is 2.80. The number of sulfonamides is 1. The first-order valence-corrected chi connectivity index (χ1v) is 11.2. The van der Waals surface area contributed by atoms with Gasteiger partial charge < -0.3 is 24.3 Å². The Morgan fingerprint density at radius 3 is 2.12 bits per heavy atom. The summed E-state index contributed by atoms with van der Waals surface area (Å²) in [4.78, 5) is 36.8. The number of nitrogens with one attached hydrogen (secondary N) is 1. The second kappa shape index (κ2) is 10.7. The number of nitrogens with zero attached hydrogens (tertiary/aromatic N) is 1. The molecule has 0 aliphatic rings. The van der Waals surface area contributed by atoms with Gasteiger partial charge in [0.15, 0.2) is 0 Å². The van der Waals surface area contributed by atoms with Gasteiger partial charge in [-0.05, 0) is 30.3 Å². The van der Waals surface area contributed by atoms with Gasteiger partial charge in [-0.25, -0.2) is 18.0 Å². The Kier molecular flexibility index (Phi) is 8.24. The van der Waals surface area contributed by atoms with E-state index >= 15 is 0 Å². The molecule has 2 rings (SSSR count). The number of ether oxygens (including phenoxy) is 4. The van der Waals surface area contributed by atoms with Gasteiger partial charge in [-0.2, -0.15) is 0 Å². The van der Waals surface area contributed by atoms with Gasteiger partial charge in [0.2, 0.25) is 15.9 Å². The summed E-state index contributed by atoms with van der Waals surface area (Å²) >= 11 is 0. The van der Waals surface area contributed by atoms with Crippen molar-refractivity contribution in [3.63, 3.8) is 0 Å². The minimum atomic E-state index is -3.95. The van der Waals surface area contributed by atoms with Crippen molar-refractivity contribution in [3.8, 4) is 11.5 Å². The summed E-state index contributed by atoms with van der Waals surface area (Å²) in [5, 5.41) is 2.46. The van der Waals surface area contributed by atoms with Crippen molar-refractivity contribution in [3.05, 3.63) is 47.5 Å². The molecule has 1 N–H and O–H groups in total. The third-order valence-electron chi connectivity index (χ3n) is 4.46. The molecule has 12 heteroatoms. The molecular formula is C21H24N2O9S. The van der Waals surface area contributed by atoms with Gasteiger partial charge in [-0.1, -0.05) is 0 Å². The Morgan fingerprint density at radius 1 is 0.909 bits per heavy atom. The summed E-state index contributed by atoms with van der Waals surface area (Å²) < 4.78 is 45.6. The molecule has 2 aromatic carbocycles. The fraction of sp³-hybridized carbons (Fsp3) is 0.286. The highest BCUT2D eigenvalue weighted by molar-refractivity contribution is 7.92. The van der Waals surface area contributed by atoms with Crippen molar-refractivity contribution in [2.24, 2.45) is 0 Å². The van der Waals surface area contributed by atoms with Crippen molar-refractivity contribution < 1.29 is 41.7 Å². The molecule has 0 atom stereocenters. The Labute approximate surface area is 191 Å². The monoisotopic (exact) mass is 480 g/mol. The van der Waals surface area contributed by atoms with Gasteiger partial charge in [0, 0.05) is 6.07 Å². The molecule has 0 aliphatic carbocycles. The summed E-state index contributed by atoms with van der Waals surface area (Å²) in [5.74, 6) is -1.72. The number of carbonyl (C=O) groups is 3. The lowest BCUT2D eigenvalue weighted by Gasteiger charge is -2.24. The lowest BCUT2D eigenvalue weighted by molar-refractivity contribution is -0.114. The highest BCUT2D eigenvalue weighted by atomic mass is 32.2. The molecule has 0 spiro atoms. The molecule has 0 saturated heterocycles. The maximum atomic E-state index is 12.9. The van der Waals surface area contributed by atoms with Crippen LogP contribution in [0.5, 0.6) is 11.5 Å². The Balaban J connectivity index is 2.45. The first-order valence-electron chi connectivity index (χ1n) is 9.36. The standard InChI is InChI=1S/C21H24N2O9S/c1-29-14-7-9-18(30-2)17(11-14)23(33(5,27)28)12-19(24)22-16-10-13(20(25)31-3)6-8-15(16)21(26)32-4/h6-11H,12H2,1-5H3,(H,22,24). The van der Waals surface area contributed by atoms with E-state index in [-0.39, 0.29) is 28.3 Å². The molecule has 0 bridgehead atoms. The van der Waals surface area contributed by atoms with Gasteiger partial charge in [0.05, 0.1) is 57.2 Å². The smallest absolute Gasteiger partial charge is 0.339 e. The fourth-order valence-corrected chi connectivity index (χ4v) is 3.73. The second-order valence-corrected chi connectivity index (χ2v) is 8.51. The summed E-state index contributed by atoms with van der Waals surface area (Å²) in [6.45, 7) is -0.661. The number of amides is 1. The first-order chi connectivity index (χ1) is 15.5. The molecule has 0 radical (unpaired) electrons. The number of methoxy groups -OCH3 is 4. The van der Waals surface area contributed by atoms with Crippen molar-refractivity contribution in [1.82, 2.24) is 0 Å². The predicted molar refractivity (Wildman–Crippen MR) is 119 cm³/mol. The molecule has 0 saturated carbocycles. The van der Waals surface area contributed by atoms with E-state index in [4.69, 9.17) is 14.2 Å². The molecule has 0 aliphatic heterocycles. The van der Waals surface area contributed by atoms with Crippen LogP contribution in [0.2, 0.25) is 0 Å². The predicted octanol–water partition coefficient (Wildman–Crippen LogP) is 1.68. The molecule has 0 unspecified atom stereocenters. The van der Waals surface area contributed by atoms with Gasteiger partial charge in [0.1, 0.15) is 18.0 Å². The summed E-state index contributed by atoms with van der Waals surface area (Å²) in [5.41, 5.74) is 0.0464. The Morgan fingerprint density at radius 2 is 1.58 bits per heavy atom. The van der Waals surface area contributed by atoms with E-state index in [0.29, 0.717) is 5.75 Å². The van der Waals surface area contributed by atoms with Crippen LogP contribution >= 0.6 is 0 Å². The maximum absolute atomic E-state index is 12.9. The highest BCUT2D eigenvalue weighted by Gasteiger charge is 2.26. The van der Waals surface area contributed by atoms with E-state index < -0.39 is 34.4 Å². The van der Waals surface area contributed by atoms with Crippen molar-refractivity contribution >= 4 is 39.2 Å². The Hall–Kier alpha value is -3.80. The molecule has 11 nitrogen and oxygen atoms in total. The molecule has 178 valence electrons. The summed E-state index contributed by atoms with van der Waals surface area (Å²) in [6.07, 6.45) is 0.928. The number of hydrogen-bond acceptors (Lipinski definition) is 9. The van der Waals surface area contributed by atoms with Crippen molar-refractivity contribution in [2.45, 2.75) is 0 Å². The third kappa shape index (κ3) is 6.13. The molecular weight excluding hydrogens is 456 g/mol. The molecule has 1 amide bonds. The van der Waals surface area contributed by atoms with Gasteiger partial charge in [-0.3, -0.25) is 9.10 Å². The van der Waals surface area contributed by atoms with Crippen LogP contribution in [0.25, 0.3) is 0 Å². The quantitative estimate of drug-likeness (QED) is 0.531. The van der Waals surface area contributed by atoms with Crippen LogP contribution in [0.3, 0.4) is 0 Å². The third-order valence-corrected chi connectivity index (χ3v) is 5.59. The SMILES string of the molecule is COC(=O)c1ccc(C(=O)OC)c(NC(=O)CN(c2cc(OC)ccc2OC)S(C)(=O)=O)c1. The van der Waals surface area contributed by atoms with Gasteiger partial charge in [-0.15, -0.1) is 0 Å². The Bertz CT molecular complexity index is 1160. The number of rotatable bonds is 9. The maximum Gasteiger partial charge on any atom is 0.339 e. The van der Waals surface area contributed by atoms with E-state index in [1.165, 1.54) is 51.7 Å². The van der Waals surface area contributed by atoms with Crippen LogP contribution in [-0.4, -0.2) is 67.5 Å². The van der Waals surface area contributed by atoms with Gasteiger partial charge in [0.25, 0.3) is 0 Å².